The highest BCUT2D eigenvalue weighted by molar-refractivity contribution is 5.94. The van der Waals surface area contributed by atoms with Crippen LogP contribution in [-0.4, -0.2) is 30.1 Å². The van der Waals surface area contributed by atoms with Gasteiger partial charge in [0.2, 0.25) is 5.91 Å². The summed E-state index contributed by atoms with van der Waals surface area (Å²) in [6.45, 7) is 0. The van der Waals surface area contributed by atoms with E-state index in [0.29, 0.717) is 28.2 Å². The van der Waals surface area contributed by atoms with E-state index in [0.717, 1.165) is 5.56 Å². The van der Waals surface area contributed by atoms with Crippen LogP contribution >= 0.6 is 0 Å². The van der Waals surface area contributed by atoms with Crippen molar-refractivity contribution in [2.75, 3.05) is 19.5 Å². The summed E-state index contributed by atoms with van der Waals surface area (Å²) in [5, 5.41) is 3.80. The summed E-state index contributed by atoms with van der Waals surface area (Å²) in [4.78, 5) is 20.4. The molecule has 0 bridgehead atoms. The first-order valence-corrected chi connectivity index (χ1v) is 7.61. The summed E-state index contributed by atoms with van der Waals surface area (Å²) in [5.41, 5.74) is 6.98. The zero-order valence-electron chi connectivity index (χ0n) is 13.9. The van der Waals surface area contributed by atoms with Crippen molar-refractivity contribution in [3.05, 3.63) is 54.4 Å². The smallest absolute Gasteiger partial charge is 0.244 e. The van der Waals surface area contributed by atoms with E-state index in [1.807, 2.05) is 30.3 Å². The minimum Gasteiger partial charge on any atom is -0.493 e. The van der Waals surface area contributed by atoms with Crippen molar-refractivity contribution in [3.63, 3.8) is 0 Å². The number of carbonyl (C=O) groups excluding carboxylic acids is 1. The van der Waals surface area contributed by atoms with Gasteiger partial charge in [0.1, 0.15) is 18.2 Å². The molecule has 1 amide bonds. The van der Waals surface area contributed by atoms with Gasteiger partial charge in [0.25, 0.3) is 0 Å². The molecular weight excluding hydrogens is 320 g/mol. The normalized spacial score (nSPS) is 11.8. The van der Waals surface area contributed by atoms with Crippen LogP contribution < -0.4 is 20.5 Å². The number of nitrogens with two attached hydrogens (primary N) is 1. The highest BCUT2D eigenvalue weighted by atomic mass is 16.5. The lowest BCUT2D eigenvalue weighted by molar-refractivity contribution is -0.118. The van der Waals surface area contributed by atoms with Gasteiger partial charge in [0, 0.05) is 11.5 Å². The van der Waals surface area contributed by atoms with Gasteiger partial charge in [0.05, 0.1) is 19.7 Å². The summed E-state index contributed by atoms with van der Waals surface area (Å²) in [7, 11) is 3.11. The highest BCUT2D eigenvalue weighted by Gasteiger charge is 2.20. The number of amides is 1. The number of nitrogens with one attached hydrogen (secondary N) is 1. The van der Waals surface area contributed by atoms with Crippen molar-refractivity contribution in [3.8, 4) is 11.5 Å². The van der Waals surface area contributed by atoms with E-state index >= 15 is 0 Å². The largest absolute Gasteiger partial charge is 0.493 e. The van der Waals surface area contributed by atoms with Gasteiger partial charge >= 0.3 is 0 Å². The van der Waals surface area contributed by atoms with E-state index < -0.39 is 11.9 Å². The van der Waals surface area contributed by atoms with Crippen LogP contribution in [0.15, 0.2) is 48.8 Å². The van der Waals surface area contributed by atoms with Crippen molar-refractivity contribution in [2.24, 2.45) is 5.73 Å². The zero-order valence-corrected chi connectivity index (χ0v) is 13.9. The van der Waals surface area contributed by atoms with Crippen LogP contribution in [0.1, 0.15) is 11.6 Å². The second-order valence-corrected chi connectivity index (χ2v) is 5.34. The molecule has 1 heterocycles. The molecule has 0 saturated heterocycles. The first kappa shape index (κ1) is 16.5. The maximum Gasteiger partial charge on any atom is 0.244 e. The van der Waals surface area contributed by atoms with Crippen molar-refractivity contribution < 1.29 is 14.3 Å². The molecule has 0 saturated carbocycles. The number of nitrogens with zero attached hydrogens (tertiary/aromatic N) is 2. The molecule has 0 spiro atoms. The number of hydrogen-bond acceptors (Lipinski definition) is 6. The Morgan fingerprint density at radius 1 is 1.08 bits per heavy atom. The molecule has 1 aromatic heterocycles. The third-order valence-corrected chi connectivity index (χ3v) is 3.84. The topological polar surface area (TPSA) is 99.4 Å². The number of carbonyl (C=O) groups is 1. The maximum atomic E-state index is 11.9. The van der Waals surface area contributed by atoms with E-state index in [1.165, 1.54) is 6.33 Å². The first-order chi connectivity index (χ1) is 12.1. The second-order valence-electron chi connectivity index (χ2n) is 5.34. The Balaban J connectivity index is 2.07. The van der Waals surface area contributed by atoms with Crippen LogP contribution in [0, 0.1) is 0 Å². The molecule has 7 heteroatoms. The van der Waals surface area contributed by atoms with Gasteiger partial charge in [-0.2, -0.15) is 0 Å². The zero-order chi connectivity index (χ0) is 17.8. The molecule has 3 N–H and O–H groups in total. The minimum atomic E-state index is -0.715. The molecule has 7 nitrogen and oxygen atoms in total. The second kappa shape index (κ2) is 7.04. The number of ether oxygens (including phenoxy) is 2. The molecule has 0 fully saturated rings. The molecule has 2 aromatic carbocycles. The van der Waals surface area contributed by atoms with Crippen molar-refractivity contribution in [2.45, 2.75) is 6.04 Å². The average molecular weight is 338 g/mol. The standard InChI is InChI=1S/C18H18N4O3/c1-24-14-8-12-13(9-15(14)25-2)20-10-21-18(12)22-16(17(19)23)11-6-4-3-5-7-11/h3-10,16H,1-2H3,(H2,19,23)(H,20,21,22). The Morgan fingerprint density at radius 2 is 1.76 bits per heavy atom. The molecule has 128 valence electrons. The van der Waals surface area contributed by atoms with Gasteiger partial charge < -0.3 is 20.5 Å². The van der Waals surface area contributed by atoms with E-state index in [4.69, 9.17) is 15.2 Å². The summed E-state index contributed by atoms with van der Waals surface area (Å²) in [6, 6.07) is 12.0. The fraction of sp³-hybridized carbons (Fsp3) is 0.167. The Labute approximate surface area is 144 Å². The molecule has 25 heavy (non-hydrogen) atoms. The Kier molecular flexibility index (Phi) is 4.65. The van der Waals surface area contributed by atoms with Crippen molar-refractivity contribution in [1.82, 2.24) is 9.97 Å². The van der Waals surface area contributed by atoms with Crippen LogP contribution in [0.5, 0.6) is 11.5 Å². The van der Waals surface area contributed by atoms with E-state index in [-0.39, 0.29) is 0 Å². The minimum absolute atomic E-state index is 0.485. The van der Waals surface area contributed by atoms with Crippen LogP contribution in [0.2, 0.25) is 0 Å². The molecule has 3 aromatic rings. The van der Waals surface area contributed by atoms with Gasteiger partial charge in [-0.25, -0.2) is 9.97 Å². The number of rotatable bonds is 6. The molecule has 0 aliphatic carbocycles. The number of anilines is 1. The number of primary amides is 1. The lowest BCUT2D eigenvalue weighted by atomic mass is 10.1. The van der Waals surface area contributed by atoms with Gasteiger partial charge in [-0.15, -0.1) is 0 Å². The van der Waals surface area contributed by atoms with Gasteiger partial charge in [-0.05, 0) is 11.6 Å². The Hall–Kier alpha value is -3.35. The van der Waals surface area contributed by atoms with Crippen LogP contribution in [-0.2, 0) is 4.79 Å². The third kappa shape index (κ3) is 3.30. The SMILES string of the molecule is COc1cc2ncnc(NC(C(N)=O)c3ccccc3)c2cc1OC. The Morgan fingerprint density at radius 3 is 2.40 bits per heavy atom. The summed E-state index contributed by atoms with van der Waals surface area (Å²) in [5.74, 6) is 1.09. The predicted octanol–water partition coefficient (Wildman–Crippen LogP) is 2.29. The molecule has 1 atom stereocenters. The van der Waals surface area contributed by atoms with Crippen molar-refractivity contribution >= 4 is 22.6 Å². The first-order valence-electron chi connectivity index (χ1n) is 7.61. The molecule has 0 aliphatic heterocycles. The fourth-order valence-corrected chi connectivity index (χ4v) is 2.60. The Bertz CT molecular complexity index is 899. The van der Waals surface area contributed by atoms with Gasteiger partial charge in [-0.1, -0.05) is 30.3 Å². The molecular formula is C18H18N4O3. The third-order valence-electron chi connectivity index (χ3n) is 3.84. The van der Waals surface area contributed by atoms with Gasteiger partial charge in [-0.3, -0.25) is 4.79 Å². The lowest BCUT2D eigenvalue weighted by Crippen LogP contribution is -2.28. The monoisotopic (exact) mass is 338 g/mol. The quantitative estimate of drug-likeness (QED) is 0.715. The van der Waals surface area contributed by atoms with Crippen LogP contribution in [0.4, 0.5) is 5.82 Å². The summed E-state index contributed by atoms with van der Waals surface area (Å²) < 4.78 is 10.6. The highest BCUT2D eigenvalue weighted by Crippen LogP contribution is 2.34. The fourth-order valence-electron chi connectivity index (χ4n) is 2.60. The van der Waals surface area contributed by atoms with Crippen LogP contribution in [0.3, 0.4) is 0 Å². The average Bonchev–Trinajstić information content (AvgIpc) is 2.65. The predicted molar refractivity (Wildman–Crippen MR) is 94.6 cm³/mol. The van der Waals surface area contributed by atoms with E-state index in [1.54, 1.807) is 26.4 Å². The number of methoxy groups -OCH3 is 2. The molecule has 3 rings (SSSR count). The number of hydrogen-bond donors (Lipinski definition) is 2. The maximum absolute atomic E-state index is 11.9. The lowest BCUT2D eigenvalue weighted by Gasteiger charge is -2.18. The van der Waals surface area contributed by atoms with E-state index in [9.17, 15) is 4.79 Å². The number of benzene rings is 2. The molecule has 0 radical (unpaired) electrons. The molecule has 1 unspecified atom stereocenters. The number of aromatic nitrogens is 2. The summed E-state index contributed by atoms with van der Waals surface area (Å²) in [6.07, 6.45) is 1.42. The molecule has 0 aliphatic rings. The number of fused-ring (bicyclic) bond motifs is 1. The van der Waals surface area contributed by atoms with Gasteiger partial charge in [0.15, 0.2) is 11.5 Å². The van der Waals surface area contributed by atoms with Crippen LogP contribution in [0.25, 0.3) is 10.9 Å². The van der Waals surface area contributed by atoms with E-state index in [2.05, 4.69) is 15.3 Å². The van der Waals surface area contributed by atoms with Crippen molar-refractivity contribution in [1.29, 1.82) is 0 Å². The summed E-state index contributed by atoms with van der Waals surface area (Å²) >= 11 is 0.